The number of thioether (sulfide) groups is 1. The van der Waals surface area contributed by atoms with E-state index in [9.17, 15) is 22.4 Å². The van der Waals surface area contributed by atoms with Gasteiger partial charge < -0.3 is 5.32 Å². The molecule has 0 aliphatic rings. The number of anilines is 1. The summed E-state index contributed by atoms with van der Waals surface area (Å²) in [7, 11) is 0. The van der Waals surface area contributed by atoms with Crippen LogP contribution in [-0.2, 0) is 11.0 Å². The van der Waals surface area contributed by atoms with Crippen LogP contribution in [0, 0.1) is 5.82 Å². The van der Waals surface area contributed by atoms with Gasteiger partial charge in [0.15, 0.2) is 0 Å². The lowest BCUT2D eigenvalue weighted by molar-refractivity contribution is -0.137. The number of amides is 1. The third-order valence-electron chi connectivity index (χ3n) is 3.76. The number of alkyl halides is 3. The minimum absolute atomic E-state index is 0.323. The number of nitrogens with zero attached hydrogens (tertiary/aromatic N) is 1. The van der Waals surface area contributed by atoms with Gasteiger partial charge in [0, 0.05) is 11.1 Å². The van der Waals surface area contributed by atoms with E-state index in [0.717, 1.165) is 23.9 Å². The van der Waals surface area contributed by atoms with Gasteiger partial charge in [0.2, 0.25) is 5.91 Å². The molecule has 0 radical (unpaired) electrons. The Bertz CT molecular complexity index is 929. The number of carbonyl (C=O) groups excluding carboxylic acids is 1. The summed E-state index contributed by atoms with van der Waals surface area (Å²) in [6.07, 6.45) is -2.95. The van der Waals surface area contributed by atoms with Crippen LogP contribution in [0.2, 0.25) is 0 Å². The van der Waals surface area contributed by atoms with E-state index in [0.29, 0.717) is 16.3 Å². The monoisotopic (exact) mass is 406 g/mol. The molecule has 2 aromatic carbocycles. The van der Waals surface area contributed by atoms with Crippen molar-refractivity contribution in [1.29, 1.82) is 0 Å². The fourth-order valence-electron chi connectivity index (χ4n) is 2.40. The molecule has 3 nitrogen and oxygen atoms in total. The van der Waals surface area contributed by atoms with Crippen LogP contribution in [0.4, 0.5) is 23.4 Å². The number of halogens is 4. The molecular weight excluding hydrogens is 392 g/mol. The summed E-state index contributed by atoms with van der Waals surface area (Å²) in [6, 6.07) is 14.9. The molecule has 3 rings (SSSR count). The highest BCUT2D eigenvalue weighted by Gasteiger charge is 2.31. The van der Waals surface area contributed by atoms with E-state index in [4.69, 9.17) is 0 Å². The van der Waals surface area contributed by atoms with Gasteiger partial charge in [-0.05, 0) is 54.1 Å². The lowest BCUT2D eigenvalue weighted by atomic mass is 10.1. The summed E-state index contributed by atoms with van der Waals surface area (Å²) in [5.74, 6) is -0.551. The van der Waals surface area contributed by atoms with Crippen molar-refractivity contribution < 1.29 is 22.4 Å². The van der Waals surface area contributed by atoms with Gasteiger partial charge in [0.05, 0.1) is 5.56 Å². The fraction of sp³-hybridized carbons (Fsp3) is 0.100. The van der Waals surface area contributed by atoms with Crippen LogP contribution in [0.1, 0.15) is 16.4 Å². The Balaban J connectivity index is 1.89. The van der Waals surface area contributed by atoms with Crippen LogP contribution < -0.4 is 5.32 Å². The number of pyridine rings is 1. The van der Waals surface area contributed by atoms with E-state index in [-0.39, 0.29) is 0 Å². The Labute approximate surface area is 162 Å². The topological polar surface area (TPSA) is 42.0 Å². The largest absolute Gasteiger partial charge is 0.416 e. The lowest BCUT2D eigenvalue weighted by Crippen LogP contribution is -2.19. The van der Waals surface area contributed by atoms with Gasteiger partial charge >= 0.3 is 6.18 Å². The van der Waals surface area contributed by atoms with Crippen LogP contribution in [0.15, 0.2) is 77.8 Å². The first-order valence-electron chi connectivity index (χ1n) is 8.14. The van der Waals surface area contributed by atoms with E-state index in [1.54, 1.807) is 18.2 Å². The highest BCUT2D eigenvalue weighted by molar-refractivity contribution is 8.00. The molecule has 0 saturated carbocycles. The zero-order chi connectivity index (χ0) is 20.1. The number of nitrogens with one attached hydrogen (secondary N) is 1. The maximum Gasteiger partial charge on any atom is 0.416 e. The molecule has 1 amide bonds. The van der Waals surface area contributed by atoms with Crippen molar-refractivity contribution in [3.8, 4) is 0 Å². The molecule has 0 spiro atoms. The number of hydrogen-bond acceptors (Lipinski definition) is 3. The highest BCUT2D eigenvalue weighted by Crippen LogP contribution is 2.37. The first-order chi connectivity index (χ1) is 13.3. The van der Waals surface area contributed by atoms with E-state index in [1.807, 2.05) is 0 Å². The van der Waals surface area contributed by atoms with Crippen LogP contribution in [0.3, 0.4) is 0 Å². The molecule has 144 valence electrons. The van der Waals surface area contributed by atoms with Crippen LogP contribution in [-0.4, -0.2) is 10.9 Å². The molecule has 0 fully saturated rings. The predicted molar refractivity (Wildman–Crippen MR) is 99.3 cm³/mol. The second kappa shape index (κ2) is 8.43. The quantitative estimate of drug-likeness (QED) is 0.436. The minimum Gasteiger partial charge on any atom is -0.309 e. The van der Waals surface area contributed by atoms with Gasteiger partial charge in [0.1, 0.15) is 16.9 Å². The zero-order valence-corrected chi connectivity index (χ0v) is 15.1. The predicted octanol–water partition coefficient (Wildman–Crippen LogP) is 5.71. The molecule has 8 heteroatoms. The van der Waals surface area contributed by atoms with Gasteiger partial charge in [-0.1, -0.05) is 18.2 Å². The highest BCUT2D eigenvalue weighted by atomic mass is 32.2. The molecule has 0 aliphatic heterocycles. The van der Waals surface area contributed by atoms with E-state index in [2.05, 4.69) is 10.3 Å². The van der Waals surface area contributed by atoms with Crippen molar-refractivity contribution in [3.63, 3.8) is 0 Å². The molecule has 28 heavy (non-hydrogen) atoms. The Morgan fingerprint density at radius 1 is 0.964 bits per heavy atom. The summed E-state index contributed by atoms with van der Waals surface area (Å²) in [4.78, 5) is 17.4. The Morgan fingerprint density at radius 2 is 1.64 bits per heavy atom. The minimum atomic E-state index is -4.46. The average Bonchev–Trinajstić information content (AvgIpc) is 2.67. The SMILES string of the molecule is O=C(Nc1ccccn1)C(Sc1ccc(F)cc1)c1ccc(C(F)(F)F)cc1. The van der Waals surface area contributed by atoms with Crippen molar-refractivity contribution in [3.05, 3.63) is 89.9 Å². The summed E-state index contributed by atoms with van der Waals surface area (Å²) >= 11 is 1.10. The molecule has 0 aliphatic carbocycles. The summed E-state index contributed by atoms with van der Waals surface area (Å²) < 4.78 is 51.6. The van der Waals surface area contributed by atoms with Crippen LogP contribution in [0.25, 0.3) is 0 Å². The van der Waals surface area contributed by atoms with Gasteiger partial charge in [-0.2, -0.15) is 13.2 Å². The Morgan fingerprint density at radius 3 is 2.21 bits per heavy atom. The fourth-order valence-corrected chi connectivity index (χ4v) is 3.42. The van der Waals surface area contributed by atoms with Crippen molar-refractivity contribution in [1.82, 2.24) is 4.98 Å². The number of carbonyl (C=O) groups is 1. The Hall–Kier alpha value is -2.87. The standard InChI is InChI=1S/C20H14F4N2OS/c21-15-8-10-16(11-9-15)28-18(19(27)26-17-3-1-2-12-25-17)13-4-6-14(7-5-13)20(22,23)24/h1-12,18H,(H,25,26,27). The lowest BCUT2D eigenvalue weighted by Gasteiger charge is -2.17. The number of aromatic nitrogens is 1. The Kier molecular flexibility index (Phi) is 5.99. The molecule has 1 atom stereocenters. The van der Waals surface area contributed by atoms with Crippen molar-refractivity contribution in [2.75, 3.05) is 5.32 Å². The maximum absolute atomic E-state index is 13.1. The van der Waals surface area contributed by atoms with Crippen LogP contribution in [0.5, 0.6) is 0 Å². The van der Waals surface area contributed by atoms with Gasteiger partial charge in [-0.3, -0.25) is 4.79 Å². The van der Waals surface area contributed by atoms with Crippen molar-refractivity contribution in [2.45, 2.75) is 16.3 Å². The molecule has 1 aromatic heterocycles. The smallest absolute Gasteiger partial charge is 0.309 e. The third kappa shape index (κ3) is 5.10. The van der Waals surface area contributed by atoms with Crippen molar-refractivity contribution in [2.24, 2.45) is 0 Å². The van der Waals surface area contributed by atoms with E-state index in [1.165, 1.54) is 42.6 Å². The van der Waals surface area contributed by atoms with Gasteiger partial charge in [-0.25, -0.2) is 9.37 Å². The zero-order valence-electron chi connectivity index (χ0n) is 14.3. The van der Waals surface area contributed by atoms with Crippen LogP contribution >= 0.6 is 11.8 Å². The molecule has 1 heterocycles. The van der Waals surface area contributed by atoms with Crippen molar-refractivity contribution >= 4 is 23.5 Å². The molecule has 1 unspecified atom stereocenters. The third-order valence-corrected chi connectivity index (χ3v) is 5.03. The van der Waals surface area contributed by atoms with E-state index < -0.39 is 28.7 Å². The second-order valence-electron chi connectivity index (χ2n) is 5.78. The molecule has 1 N–H and O–H groups in total. The summed E-state index contributed by atoms with van der Waals surface area (Å²) in [5, 5.41) is 1.80. The normalized spacial score (nSPS) is 12.4. The number of hydrogen-bond donors (Lipinski definition) is 1. The maximum atomic E-state index is 13.1. The average molecular weight is 406 g/mol. The molecular formula is C20H14F4N2OS. The van der Waals surface area contributed by atoms with Gasteiger partial charge in [0.25, 0.3) is 0 Å². The summed E-state index contributed by atoms with van der Waals surface area (Å²) in [6.45, 7) is 0. The second-order valence-corrected chi connectivity index (χ2v) is 6.95. The summed E-state index contributed by atoms with van der Waals surface area (Å²) in [5.41, 5.74) is -0.414. The van der Waals surface area contributed by atoms with Gasteiger partial charge in [-0.15, -0.1) is 11.8 Å². The first-order valence-corrected chi connectivity index (χ1v) is 9.02. The molecule has 0 saturated heterocycles. The van der Waals surface area contributed by atoms with E-state index >= 15 is 0 Å². The molecule has 0 bridgehead atoms. The molecule has 3 aromatic rings. The number of benzene rings is 2. The first kappa shape index (κ1) is 19.9. The number of rotatable bonds is 5.